The largest absolute Gasteiger partial charge is 0.377 e. The highest BCUT2D eigenvalue weighted by Gasteiger charge is 2.03. The lowest BCUT2D eigenvalue weighted by Gasteiger charge is -2.13. The van der Waals surface area contributed by atoms with Crippen LogP contribution in [0.1, 0.15) is 0 Å². The minimum atomic E-state index is -0.103. The first kappa shape index (κ1) is 28.6. The molecule has 0 aliphatic carbocycles. The van der Waals surface area contributed by atoms with E-state index in [4.69, 9.17) is 56.1 Å². The van der Waals surface area contributed by atoms with Gasteiger partial charge in [0.1, 0.15) is 0 Å². The molecule has 0 amide bonds. The molecule has 0 heterocycles. The first-order chi connectivity index (χ1) is 14.3. The lowest BCUT2D eigenvalue weighted by Crippen LogP contribution is -2.32. The van der Waals surface area contributed by atoms with Crippen molar-refractivity contribution in [3.63, 3.8) is 0 Å². The van der Waals surface area contributed by atoms with Gasteiger partial charge in [-0.25, -0.2) is 0 Å². The molecule has 176 valence electrons. The molecule has 0 aliphatic rings. The maximum atomic E-state index is 5.47. The average molecular weight is 427 g/mol. The van der Waals surface area contributed by atoms with Crippen molar-refractivity contribution in [1.29, 1.82) is 0 Å². The van der Waals surface area contributed by atoms with Gasteiger partial charge in [0, 0.05) is 26.2 Å². The standard InChI is InChI=1S/C18H42N4O7/c19-13-17(14-20)28-11-9-26-7-5-24-3-1-23-2-4-25-6-8-27-10-12-29-18(15-21)16-22/h17-18H,1-16,19-22H2. The predicted octanol–water partition coefficient (Wildman–Crippen LogP) is -2.33. The third-order valence-corrected chi connectivity index (χ3v) is 3.70. The Bertz CT molecular complexity index is 284. The average Bonchev–Trinajstić information content (AvgIpc) is 2.75. The van der Waals surface area contributed by atoms with Crippen molar-refractivity contribution in [1.82, 2.24) is 0 Å². The molecular weight excluding hydrogens is 384 g/mol. The second kappa shape index (κ2) is 23.8. The summed E-state index contributed by atoms with van der Waals surface area (Å²) >= 11 is 0. The first-order valence-electron chi connectivity index (χ1n) is 10.2. The van der Waals surface area contributed by atoms with Gasteiger partial charge in [0.05, 0.1) is 91.5 Å². The van der Waals surface area contributed by atoms with Crippen LogP contribution in [-0.2, 0) is 33.2 Å². The molecule has 0 fully saturated rings. The fourth-order valence-electron chi connectivity index (χ4n) is 1.99. The van der Waals surface area contributed by atoms with Crippen molar-refractivity contribution in [2.24, 2.45) is 22.9 Å². The Morgan fingerprint density at radius 3 is 0.759 bits per heavy atom. The second-order valence-corrected chi connectivity index (χ2v) is 5.99. The summed E-state index contributed by atoms with van der Waals surface area (Å²) in [6.07, 6.45) is -0.205. The highest BCUT2D eigenvalue weighted by Crippen LogP contribution is 1.89. The van der Waals surface area contributed by atoms with Gasteiger partial charge in [0.2, 0.25) is 0 Å². The molecule has 11 nitrogen and oxygen atoms in total. The zero-order chi connectivity index (χ0) is 21.4. The van der Waals surface area contributed by atoms with Gasteiger partial charge in [-0.1, -0.05) is 0 Å². The van der Waals surface area contributed by atoms with Gasteiger partial charge < -0.3 is 56.1 Å². The van der Waals surface area contributed by atoms with Crippen LogP contribution in [0, 0.1) is 0 Å². The summed E-state index contributed by atoms with van der Waals surface area (Å²) in [5.74, 6) is 0. The van der Waals surface area contributed by atoms with Crippen molar-refractivity contribution in [2.75, 3.05) is 105 Å². The quantitative estimate of drug-likeness (QED) is 0.122. The van der Waals surface area contributed by atoms with Gasteiger partial charge in [0.15, 0.2) is 0 Å². The van der Waals surface area contributed by atoms with E-state index in [9.17, 15) is 0 Å². The molecule has 0 saturated heterocycles. The zero-order valence-electron chi connectivity index (χ0n) is 17.6. The van der Waals surface area contributed by atoms with Crippen LogP contribution in [0.3, 0.4) is 0 Å². The second-order valence-electron chi connectivity index (χ2n) is 5.99. The van der Waals surface area contributed by atoms with E-state index in [1.165, 1.54) is 0 Å². The molecular formula is C18H42N4O7. The summed E-state index contributed by atoms with van der Waals surface area (Å²) in [5, 5.41) is 0. The molecule has 0 aliphatic heterocycles. The lowest BCUT2D eigenvalue weighted by atomic mass is 10.4. The molecule has 0 spiro atoms. The monoisotopic (exact) mass is 426 g/mol. The Hall–Kier alpha value is -0.440. The molecule has 0 unspecified atom stereocenters. The molecule has 11 heteroatoms. The van der Waals surface area contributed by atoms with Crippen LogP contribution in [0.5, 0.6) is 0 Å². The summed E-state index contributed by atoms with van der Waals surface area (Å²) in [7, 11) is 0. The molecule has 0 aromatic heterocycles. The third kappa shape index (κ3) is 20.6. The predicted molar refractivity (Wildman–Crippen MR) is 110 cm³/mol. The fraction of sp³-hybridized carbons (Fsp3) is 1.00. The number of ether oxygens (including phenoxy) is 7. The van der Waals surface area contributed by atoms with E-state index in [1.54, 1.807) is 0 Å². The highest BCUT2D eigenvalue weighted by atomic mass is 16.6. The Kier molecular flexibility index (Phi) is 23.5. The van der Waals surface area contributed by atoms with E-state index < -0.39 is 0 Å². The highest BCUT2D eigenvalue weighted by molar-refractivity contribution is 4.58. The Morgan fingerprint density at radius 2 is 0.552 bits per heavy atom. The minimum Gasteiger partial charge on any atom is -0.377 e. The Labute approximate surface area is 174 Å². The number of hydrogen-bond acceptors (Lipinski definition) is 11. The van der Waals surface area contributed by atoms with Gasteiger partial charge in [0.25, 0.3) is 0 Å². The molecule has 0 atom stereocenters. The molecule has 0 aromatic rings. The van der Waals surface area contributed by atoms with E-state index in [0.717, 1.165) is 0 Å². The maximum absolute atomic E-state index is 5.47. The Morgan fingerprint density at radius 1 is 0.345 bits per heavy atom. The molecule has 8 N–H and O–H groups in total. The van der Waals surface area contributed by atoms with E-state index in [1.807, 2.05) is 0 Å². The van der Waals surface area contributed by atoms with Crippen molar-refractivity contribution in [3.05, 3.63) is 0 Å². The van der Waals surface area contributed by atoms with Crippen LogP contribution in [0.15, 0.2) is 0 Å². The number of hydrogen-bond donors (Lipinski definition) is 4. The van der Waals surface area contributed by atoms with Gasteiger partial charge >= 0.3 is 0 Å². The SMILES string of the molecule is NCC(CN)OCCOCCOCCOCCOCCOCCOC(CN)CN. The molecule has 0 rings (SSSR count). The van der Waals surface area contributed by atoms with Crippen molar-refractivity contribution in [3.8, 4) is 0 Å². The van der Waals surface area contributed by atoms with Crippen molar-refractivity contribution >= 4 is 0 Å². The summed E-state index contributed by atoms with van der Waals surface area (Å²) in [4.78, 5) is 0. The van der Waals surface area contributed by atoms with Crippen LogP contribution in [0.25, 0.3) is 0 Å². The smallest absolute Gasteiger partial charge is 0.0820 e. The van der Waals surface area contributed by atoms with Gasteiger partial charge in [-0.3, -0.25) is 0 Å². The maximum Gasteiger partial charge on any atom is 0.0820 e. The van der Waals surface area contributed by atoms with Crippen LogP contribution >= 0.6 is 0 Å². The van der Waals surface area contributed by atoms with E-state index in [-0.39, 0.29) is 12.2 Å². The van der Waals surface area contributed by atoms with Crippen molar-refractivity contribution < 1.29 is 33.2 Å². The molecule has 0 saturated carbocycles. The van der Waals surface area contributed by atoms with Crippen LogP contribution in [-0.4, -0.2) is 118 Å². The summed E-state index contributed by atoms with van der Waals surface area (Å²) in [6.45, 7) is 7.68. The number of nitrogens with two attached hydrogens (primary N) is 4. The fourth-order valence-corrected chi connectivity index (χ4v) is 1.99. The normalized spacial score (nSPS) is 11.8. The molecule has 0 bridgehead atoms. The van der Waals surface area contributed by atoms with Gasteiger partial charge in [-0.2, -0.15) is 0 Å². The summed E-state index contributed by atoms with van der Waals surface area (Å²) < 4.78 is 37.8. The summed E-state index contributed by atoms with van der Waals surface area (Å²) in [6, 6.07) is 0. The van der Waals surface area contributed by atoms with Gasteiger partial charge in [-0.05, 0) is 0 Å². The van der Waals surface area contributed by atoms with E-state index in [2.05, 4.69) is 0 Å². The zero-order valence-corrected chi connectivity index (χ0v) is 17.6. The molecule has 0 aromatic carbocycles. The van der Waals surface area contributed by atoms with E-state index >= 15 is 0 Å². The topological polar surface area (TPSA) is 169 Å². The van der Waals surface area contributed by atoms with Crippen LogP contribution < -0.4 is 22.9 Å². The number of rotatable bonds is 24. The minimum absolute atomic E-state index is 0.103. The van der Waals surface area contributed by atoms with Gasteiger partial charge in [-0.15, -0.1) is 0 Å². The Balaban J connectivity index is 3.10. The molecule has 0 radical (unpaired) electrons. The van der Waals surface area contributed by atoms with E-state index in [0.29, 0.717) is 105 Å². The summed E-state index contributed by atoms with van der Waals surface area (Å²) in [5.41, 5.74) is 21.9. The van der Waals surface area contributed by atoms with Crippen molar-refractivity contribution in [2.45, 2.75) is 12.2 Å². The van der Waals surface area contributed by atoms with Crippen LogP contribution in [0.4, 0.5) is 0 Å². The first-order valence-corrected chi connectivity index (χ1v) is 10.2. The third-order valence-electron chi connectivity index (χ3n) is 3.70. The molecule has 29 heavy (non-hydrogen) atoms. The van der Waals surface area contributed by atoms with Crippen LogP contribution in [0.2, 0.25) is 0 Å². The lowest BCUT2D eigenvalue weighted by molar-refractivity contribution is -0.0279.